The maximum absolute atomic E-state index is 12.8. The van der Waals surface area contributed by atoms with Gasteiger partial charge in [-0.1, -0.05) is 36.4 Å². The Morgan fingerprint density at radius 3 is 2.08 bits per heavy atom. The Morgan fingerprint density at radius 2 is 1.38 bits per heavy atom. The van der Waals surface area contributed by atoms with Gasteiger partial charge < -0.3 is 4.74 Å². The number of aryl methyl sites for hydroxylation is 2. The van der Waals surface area contributed by atoms with Gasteiger partial charge in [0.2, 0.25) is 0 Å². The lowest BCUT2D eigenvalue weighted by Gasteiger charge is -2.13. The minimum absolute atomic E-state index is 0.310. The van der Waals surface area contributed by atoms with Gasteiger partial charge in [0.1, 0.15) is 11.5 Å². The van der Waals surface area contributed by atoms with E-state index in [0.717, 1.165) is 16.9 Å². The molecule has 0 spiro atoms. The zero-order valence-electron chi connectivity index (χ0n) is 14.5. The molecule has 0 aliphatic carbocycles. The normalized spacial score (nSPS) is 13.1. The third-order valence-corrected chi connectivity index (χ3v) is 4.50. The molecule has 0 saturated heterocycles. The van der Waals surface area contributed by atoms with Crippen molar-refractivity contribution in [3.05, 3.63) is 89.0 Å². The van der Waals surface area contributed by atoms with Crippen LogP contribution in [0.4, 0.5) is 5.69 Å². The van der Waals surface area contributed by atoms with Crippen LogP contribution >= 0.6 is 0 Å². The number of nitrogens with zero attached hydrogens (tertiary/aromatic N) is 1. The first-order valence-electron chi connectivity index (χ1n) is 8.38. The molecule has 3 aromatic carbocycles. The molecule has 0 aromatic heterocycles. The first-order chi connectivity index (χ1) is 12.6. The summed E-state index contributed by atoms with van der Waals surface area (Å²) < 4.78 is 6.01. The molecule has 0 fully saturated rings. The van der Waals surface area contributed by atoms with Gasteiger partial charge in [0.05, 0.1) is 16.8 Å². The Hall–Kier alpha value is -3.40. The average Bonchev–Trinajstić information content (AvgIpc) is 2.89. The average molecular weight is 343 g/mol. The number of para-hydroxylation sites is 2. The fraction of sp³-hybridized carbons (Fsp3) is 0.0909. The molecule has 4 nitrogen and oxygen atoms in total. The van der Waals surface area contributed by atoms with Gasteiger partial charge >= 0.3 is 0 Å². The molecular formula is C22H17NO3. The van der Waals surface area contributed by atoms with E-state index in [1.807, 2.05) is 38.1 Å². The Labute approximate surface area is 151 Å². The number of ether oxygens (including phenoxy) is 1. The summed E-state index contributed by atoms with van der Waals surface area (Å²) >= 11 is 0. The molecule has 1 aliphatic heterocycles. The molecule has 0 atom stereocenters. The maximum atomic E-state index is 12.8. The van der Waals surface area contributed by atoms with E-state index in [9.17, 15) is 9.59 Å². The molecule has 128 valence electrons. The Morgan fingerprint density at radius 1 is 0.731 bits per heavy atom. The topological polar surface area (TPSA) is 46.6 Å². The molecule has 0 saturated carbocycles. The summed E-state index contributed by atoms with van der Waals surface area (Å²) in [5, 5.41) is 0. The number of imide groups is 1. The van der Waals surface area contributed by atoms with Crippen LogP contribution < -0.4 is 9.64 Å². The number of benzene rings is 3. The second-order valence-electron chi connectivity index (χ2n) is 6.31. The smallest absolute Gasteiger partial charge is 0.266 e. The van der Waals surface area contributed by atoms with E-state index in [2.05, 4.69) is 0 Å². The zero-order valence-corrected chi connectivity index (χ0v) is 14.5. The summed E-state index contributed by atoms with van der Waals surface area (Å²) in [5.41, 5.74) is 3.35. The van der Waals surface area contributed by atoms with Crippen LogP contribution in [0.1, 0.15) is 31.8 Å². The second kappa shape index (κ2) is 6.15. The molecule has 0 radical (unpaired) electrons. The molecule has 3 aromatic rings. The van der Waals surface area contributed by atoms with Crippen LogP contribution in [0.3, 0.4) is 0 Å². The van der Waals surface area contributed by atoms with E-state index < -0.39 is 0 Å². The molecule has 4 rings (SSSR count). The van der Waals surface area contributed by atoms with Gasteiger partial charge in [-0.3, -0.25) is 9.59 Å². The molecule has 0 bridgehead atoms. The fourth-order valence-electron chi connectivity index (χ4n) is 3.17. The lowest BCUT2D eigenvalue weighted by molar-refractivity contribution is 0.0926. The number of amides is 2. The van der Waals surface area contributed by atoms with Crippen LogP contribution in [0, 0.1) is 13.8 Å². The quantitative estimate of drug-likeness (QED) is 0.636. The summed E-state index contributed by atoms with van der Waals surface area (Å²) in [4.78, 5) is 26.6. The highest BCUT2D eigenvalue weighted by atomic mass is 16.5. The van der Waals surface area contributed by atoms with Gasteiger partial charge in [0.15, 0.2) is 0 Å². The molecule has 26 heavy (non-hydrogen) atoms. The van der Waals surface area contributed by atoms with Crippen molar-refractivity contribution in [2.75, 3.05) is 4.90 Å². The Balaban J connectivity index is 1.71. The van der Waals surface area contributed by atoms with Gasteiger partial charge in [-0.15, -0.1) is 0 Å². The Kier molecular flexibility index (Phi) is 3.81. The van der Waals surface area contributed by atoms with Gasteiger partial charge in [-0.2, -0.15) is 0 Å². The molecule has 0 unspecified atom stereocenters. The first-order valence-corrected chi connectivity index (χ1v) is 8.38. The number of anilines is 1. The maximum Gasteiger partial charge on any atom is 0.266 e. The number of carbonyl (C=O) groups is 2. The van der Waals surface area contributed by atoms with Crippen molar-refractivity contribution >= 4 is 17.5 Å². The number of fused-ring (bicyclic) bond motifs is 1. The lowest BCUT2D eigenvalue weighted by Crippen LogP contribution is -2.29. The largest absolute Gasteiger partial charge is 0.457 e. The number of hydrogen-bond acceptors (Lipinski definition) is 3. The standard InChI is InChI=1S/C22H17NO3/c1-14-7-6-8-15(2)20(14)26-17-11-12-18-19(13-17)22(25)23(21(18)24)16-9-4-3-5-10-16/h3-13H,1-2H3. The van der Waals surface area contributed by atoms with Crippen LogP contribution in [0.15, 0.2) is 66.7 Å². The van der Waals surface area contributed by atoms with E-state index in [4.69, 9.17) is 4.74 Å². The second-order valence-corrected chi connectivity index (χ2v) is 6.31. The van der Waals surface area contributed by atoms with Crippen molar-refractivity contribution in [3.8, 4) is 11.5 Å². The summed E-state index contributed by atoms with van der Waals surface area (Å²) in [7, 11) is 0. The van der Waals surface area contributed by atoms with Crippen LogP contribution in [-0.4, -0.2) is 11.8 Å². The third kappa shape index (κ3) is 2.56. The van der Waals surface area contributed by atoms with Crippen LogP contribution in [0.5, 0.6) is 11.5 Å². The number of rotatable bonds is 3. The van der Waals surface area contributed by atoms with Gasteiger partial charge in [-0.05, 0) is 55.3 Å². The van der Waals surface area contributed by atoms with Gasteiger partial charge in [0.25, 0.3) is 11.8 Å². The molecule has 1 aliphatic rings. The molecule has 0 N–H and O–H groups in total. The van der Waals surface area contributed by atoms with E-state index in [1.165, 1.54) is 4.90 Å². The van der Waals surface area contributed by atoms with E-state index in [1.54, 1.807) is 42.5 Å². The third-order valence-electron chi connectivity index (χ3n) is 4.50. The summed E-state index contributed by atoms with van der Waals surface area (Å²) in [6.07, 6.45) is 0. The van der Waals surface area contributed by atoms with Crippen molar-refractivity contribution in [1.29, 1.82) is 0 Å². The van der Waals surface area contributed by atoms with Gasteiger partial charge in [0, 0.05) is 0 Å². The summed E-state index contributed by atoms with van der Waals surface area (Å²) in [5.74, 6) is 0.666. The highest BCUT2D eigenvalue weighted by molar-refractivity contribution is 6.34. The molecule has 4 heteroatoms. The van der Waals surface area contributed by atoms with Crippen molar-refractivity contribution in [2.24, 2.45) is 0 Å². The Bertz CT molecular complexity index is 1000. The summed E-state index contributed by atoms with van der Waals surface area (Å²) in [6, 6.07) is 19.9. The van der Waals surface area contributed by atoms with Crippen molar-refractivity contribution < 1.29 is 14.3 Å². The number of carbonyl (C=O) groups excluding carboxylic acids is 2. The minimum atomic E-state index is -0.330. The van der Waals surface area contributed by atoms with Crippen LogP contribution in [-0.2, 0) is 0 Å². The number of hydrogen-bond donors (Lipinski definition) is 0. The monoisotopic (exact) mass is 343 g/mol. The summed E-state index contributed by atoms with van der Waals surface area (Å²) in [6.45, 7) is 3.95. The predicted molar refractivity (Wildman–Crippen MR) is 100 cm³/mol. The lowest BCUT2D eigenvalue weighted by atomic mass is 10.1. The highest BCUT2D eigenvalue weighted by Gasteiger charge is 2.36. The van der Waals surface area contributed by atoms with E-state index in [0.29, 0.717) is 22.6 Å². The predicted octanol–water partition coefficient (Wildman–Crippen LogP) is 4.90. The molecular weight excluding hydrogens is 326 g/mol. The molecule has 1 heterocycles. The van der Waals surface area contributed by atoms with E-state index >= 15 is 0 Å². The van der Waals surface area contributed by atoms with Crippen LogP contribution in [0.25, 0.3) is 0 Å². The first kappa shape index (κ1) is 16.1. The van der Waals surface area contributed by atoms with Gasteiger partial charge in [-0.25, -0.2) is 4.90 Å². The van der Waals surface area contributed by atoms with Crippen molar-refractivity contribution in [1.82, 2.24) is 0 Å². The van der Waals surface area contributed by atoms with Crippen molar-refractivity contribution in [2.45, 2.75) is 13.8 Å². The van der Waals surface area contributed by atoms with E-state index in [-0.39, 0.29) is 11.8 Å². The van der Waals surface area contributed by atoms with Crippen molar-refractivity contribution in [3.63, 3.8) is 0 Å². The zero-order chi connectivity index (χ0) is 18.3. The minimum Gasteiger partial charge on any atom is -0.457 e. The van der Waals surface area contributed by atoms with Crippen LogP contribution in [0.2, 0.25) is 0 Å². The fourth-order valence-corrected chi connectivity index (χ4v) is 3.17. The molecule has 2 amide bonds. The highest BCUT2D eigenvalue weighted by Crippen LogP contribution is 2.34. The SMILES string of the molecule is Cc1cccc(C)c1Oc1ccc2c(c1)C(=O)N(c1ccccc1)C2=O.